The summed E-state index contributed by atoms with van der Waals surface area (Å²) in [7, 11) is 0. The third kappa shape index (κ3) is 4.98. The minimum atomic E-state index is 0.597. The Bertz CT molecular complexity index is 2940. The molecule has 2 aliphatic carbocycles. The molecule has 0 saturated carbocycles. The molecule has 4 heterocycles. The summed E-state index contributed by atoms with van der Waals surface area (Å²) in [5.74, 6) is 2.00. The molecular weight excluding hydrogens is 683 g/mol. The zero-order valence-electron chi connectivity index (χ0n) is 29.8. The molecular formula is C48H37N3S2. The number of allylic oxidation sites excluding steroid dienone is 1. The molecule has 5 heteroatoms. The van der Waals surface area contributed by atoms with E-state index in [-0.39, 0.29) is 0 Å². The van der Waals surface area contributed by atoms with Crippen molar-refractivity contribution in [1.82, 2.24) is 14.5 Å². The van der Waals surface area contributed by atoms with Gasteiger partial charge in [0.15, 0.2) is 0 Å². The van der Waals surface area contributed by atoms with E-state index in [0.717, 1.165) is 36.5 Å². The lowest BCUT2D eigenvalue weighted by atomic mass is 9.87. The van der Waals surface area contributed by atoms with Crippen molar-refractivity contribution in [2.75, 3.05) is 0 Å². The van der Waals surface area contributed by atoms with Crippen LogP contribution in [-0.4, -0.2) is 14.5 Å². The summed E-state index contributed by atoms with van der Waals surface area (Å²) in [4.78, 5) is 11.7. The summed E-state index contributed by atoms with van der Waals surface area (Å²) in [5, 5.41) is 5.38. The van der Waals surface area contributed by atoms with Gasteiger partial charge in [-0.05, 0) is 95.2 Å². The summed E-state index contributed by atoms with van der Waals surface area (Å²) in [6.07, 6.45) is 11.0. The van der Waals surface area contributed by atoms with Gasteiger partial charge >= 0.3 is 0 Å². The summed E-state index contributed by atoms with van der Waals surface area (Å²) < 4.78 is 6.43. The lowest BCUT2D eigenvalue weighted by Gasteiger charge is -2.20. The predicted molar refractivity (Wildman–Crippen MR) is 227 cm³/mol. The fraction of sp³-hybridized carbons (Fsp3) is 0.167. The molecule has 53 heavy (non-hydrogen) atoms. The standard InChI is InChI=1S/C48H37N3S2/c1-28-14-21-42-39(25-28)40-27-32(34-9-6-10-37-35-7-3-4-12-44(35)52-47(34)37)19-22-43(40)51(42)48-49-24-23-41(50-48)31-17-15-30(16-18-31)33-8-5-11-38-36-20-13-29(2)26-45(36)53-46(33)38/h3-13,15-20,22-24,27-29H,14,21,25-26H2,1-2H3. The first-order chi connectivity index (χ1) is 26.1. The molecule has 0 amide bonds. The minimum absolute atomic E-state index is 0.597. The monoisotopic (exact) mass is 719 g/mol. The van der Waals surface area contributed by atoms with Gasteiger partial charge in [-0.15, -0.1) is 22.7 Å². The van der Waals surface area contributed by atoms with E-state index in [9.17, 15) is 0 Å². The maximum Gasteiger partial charge on any atom is 0.234 e. The second-order valence-electron chi connectivity index (χ2n) is 15.1. The van der Waals surface area contributed by atoms with E-state index >= 15 is 0 Å². The molecule has 4 aromatic heterocycles. The smallest absolute Gasteiger partial charge is 0.234 e. The van der Waals surface area contributed by atoms with Crippen molar-refractivity contribution >= 4 is 69.9 Å². The molecule has 0 radical (unpaired) electrons. The quantitative estimate of drug-likeness (QED) is 0.181. The normalized spacial score (nSPS) is 16.9. The molecule has 9 aromatic rings. The molecule has 0 aliphatic heterocycles. The van der Waals surface area contributed by atoms with Crippen molar-refractivity contribution in [3.63, 3.8) is 0 Å². The number of hydrogen-bond donors (Lipinski definition) is 0. The van der Waals surface area contributed by atoms with Crippen LogP contribution in [0.15, 0.2) is 121 Å². The van der Waals surface area contributed by atoms with E-state index in [1.807, 2.05) is 34.9 Å². The Morgan fingerprint density at radius 3 is 2.32 bits per heavy atom. The van der Waals surface area contributed by atoms with Crippen molar-refractivity contribution in [2.24, 2.45) is 11.8 Å². The Morgan fingerprint density at radius 1 is 0.679 bits per heavy atom. The first kappa shape index (κ1) is 31.2. The van der Waals surface area contributed by atoms with E-state index in [4.69, 9.17) is 9.97 Å². The van der Waals surface area contributed by atoms with E-state index in [2.05, 4.69) is 134 Å². The second kappa shape index (κ2) is 12.1. The van der Waals surface area contributed by atoms with Gasteiger partial charge in [-0.25, -0.2) is 9.97 Å². The van der Waals surface area contributed by atoms with E-state index in [0.29, 0.717) is 11.8 Å². The summed E-state index contributed by atoms with van der Waals surface area (Å²) in [5.41, 5.74) is 12.6. The van der Waals surface area contributed by atoms with Gasteiger partial charge in [0.05, 0.1) is 11.2 Å². The van der Waals surface area contributed by atoms with Crippen molar-refractivity contribution in [2.45, 2.75) is 39.5 Å². The molecule has 11 rings (SSSR count). The van der Waals surface area contributed by atoms with Crippen LogP contribution in [0.5, 0.6) is 0 Å². The molecule has 0 fully saturated rings. The van der Waals surface area contributed by atoms with Crippen LogP contribution >= 0.6 is 22.7 Å². The molecule has 2 atom stereocenters. The molecule has 5 aromatic carbocycles. The molecule has 2 aliphatic rings. The van der Waals surface area contributed by atoms with Crippen molar-refractivity contribution in [3.05, 3.63) is 143 Å². The van der Waals surface area contributed by atoms with Crippen LogP contribution in [0.25, 0.3) is 86.7 Å². The number of rotatable bonds is 4. The van der Waals surface area contributed by atoms with Crippen LogP contribution in [0.1, 0.15) is 42.0 Å². The Hall–Kier alpha value is -5.36. The molecule has 0 saturated heterocycles. The number of nitrogens with zero attached hydrogens (tertiary/aromatic N) is 3. The molecule has 256 valence electrons. The topological polar surface area (TPSA) is 30.7 Å². The van der Waals surface area contributed by atoms with Crippen molar-refractivity contribution in [3.8, 4) is 39.5 Å². The first-order valence-corrected chi connectivity index (χ1v) is 20.4. The summed E-state index contributed by atoms with van der Waals surface area (Å²) in [6, 6.07) is 40.4. The lowest BCUT2D eigenvalue weighted by molar-refractivity contribution is 0.494. The molecule has 0 spiro atoms. The van der Waals surface area contributed by atoms with Gasteiger partial charge in [0, 0.05) is 58.0 Å². The highest BCUT2D eigenvalue weighted by Crippen LogP contribution is 2.44. The molecule has 2 unspecified atom stereocenters. The fourth-order valence-electron chi connectivity index (χ4n) is 8.91. The summed E-state index contributed by atoms with van der Waals surface area (Å²) >= 11 is 3.86. The van der Waals surface area contributed by atoms with Crippen LogP contribution in [0.2, 0.25) is 0 Å². The fourth-order valence-corrected chi connectivity index (χ4v) is 11.6. The van der Waals surface area contributed by atoms with Gasteiger partial charge in [0.1, 0.15) is 0 Å². The Labute approximate surface area is 316 Å². The van der Waals surface area contributed by atoms with Gasteiger partial charge in [-0.2, -0.15) is 0 Å². The van der Waals surface area contributed by atoms with Crippen LogP contribution in [0.4, 0.5) is 0 Å². The third-order valence-corrected chi connectivity index (χ3v) is 14.1. The third-order valence-electron chi connectivity index (χ3n) is 11.6. The SMILES string of the molecule is CC1C=Cc2c(sc3c(-c4ccc(-c5ccnc(-n6c7c(c8cc(-c9cccc%10c9sc9ccccc9%10)ccc86)CC(C)CC7)n5)cc4)cccc23)C1. The van der Waals surface area contributed by atoms with Crippen molar-refractivity contribution < 1.29 is 0 Å². The van der Waals surface area contributed by atoms with E-state index in [1.54, 1.807) is 0 Å². The predicted octanol–water partition coefficient (Wildman–Crippen LogP) is 13.3. The van der Waals surface area contributed by atoms with E-state index in [1.165, 1.54) is 91.5 Å². The zero-order chi connectivity index (χ0) is 35.2. The van der Waals surface area contributed by atoms with Crippen LogP contribution in [-0.2, 0) is 19.3 Å². The van der Waals surface area contributed by atoms with Gasteiger partial charge in [0.2, 0.25) is 5.95 Å². The molecule has 3 nitrogen and oxygen atoms in total. The number of hydrogen-bond acceptors (Lipinski definition) is 4. The lowest BCUT2D eigenvalue weighted by Crippen LogP contribution is -2.14. The van der Waals surface area contributed by atoms with Gasteiger partial charge in [0.25, 0.3) is 0 Å². The highest BCUT2D eigenvalue weighted by Gasteiger charge is 2.26. The van der Waals surface area contributed by atoms with E-state index < -0.39 is 0 Å². The molecule has 0 N–H and O–H groups in total. The number of thiophene rings is 2. The Kier molecular flexibility index (Phi) is 7.12. The zero-order valence-corrected chi connectivity index (χ0v) is 31.4. The number of aromatic nitrogens is 3. The van der Waals surface area contributed by atoms with Crippen LogP contribution in [0.3, 0.4) is 0 Å². The van der Waals surface area contributed by atoms with Gasteiger partial charge < -0.3 is 0 Å². The summed E-state index contributed by atoms with van der Waals surface area (Å²) in [6.45, 7) is 4.69. The number of benzene rings is 5. The van der Waals surface area contributed by atoms with Crippen LogP contribution in [0, 0.1) is 11.8 Å². The van der Waals surface area contributed by atoms with Crippen molar-refractivity contribution in [1.29, 1.82) is 0 Å². The second-order valence-corrected chi connectivity index (χ2v) is 17.3. The average molecular weight is 720 g/mol. The Morgan fingerprint density at radius 2 is 1.43 bits per heavy atom. The number of fused-ring (bicyclic) bond motifs is 9. The first-order valence-electron chi connectivity index (χ1n) is 18.8. The van der Waals surface area contributed by atoms with Gasteiger partial charge in [-0.3, -0.25) is 4.57 Å². The van der Waals surface area contributed by atoms with Gasteiger partial charge in [-0.1, -0.05) is 111 Å². The highest BCUT2D eigenvalue weighted by atomic mass is 32.1. The minimum Gasteiger partial charge on any atom is -0.282 e. The maximum absolute atomic E-state index is 5.26. The van der Waals surface area contributed by atoms with Crippen LogP contribution < -0.4 is 0 Å². The molecule has 0 bridgehead atoms. The average Bonchev–Trinajstić information content (AvgIpc) is 3.87. The highest BCUT2D eigenvalue weighted by molar-refractivity contribution is 7.26. The maximum atomic E-state index is 5.26. The Balaban J connectivity index is 0.988. The largest absolute Gasteiger partial charge is 0.282 e.